The zero-order valence-electron chi connectivity index (χ0n) is 23.3. The Labute approximate surface area is 257 Å². The molecule has 1 N–H and O–H groups in total. The number of rotatable bonds is 9. The van der Waals surface area contributed by atoms with Crippen LogP contribution in [-0.2, 0) is 11.3 Å². The van der Waals surface area contributed by atoms with Gasteiger partial charge in [0.2, 0.25) is 11.0 Å². The molecule has 3 aromatic carbocycles. The van der Waals surface area contributed by atoms with Crippen LogP contribution in [0.1, 0.15) is 41.6 Å². The van der Waals surface area contributed by atoms with Crippen LogP contribution >= 0.6 is 22.9 Å². The smallest absolute Gasteiger partial charge is 0.263 e. The van der Waals surface area contributed by atoms with Crippen molar-refractivity contribution in [2.75, 3.05) is 29.9 Å². The second kappa shape index (κ2) is 12.9. The van der Waals surface area contributed by atoms with E-state index in [0.717, 1.165) is 43.6 Å². The van der Waals surface area contributed by atoms with E-state index in [1.807, 2.05) is 24.3 Å². The quantitative estimate of drug-likeness (QED) is 0.217. The third kappa shape index (κ3) is 6.92. The lowest BCUT2D eigenvalue weighted by molar-refractivity contribution is -0.121. The Kier molecular flexibility index (Phi) is 8.78. The van der Waals surface area contributed by atoms with E-state index in [9.17, 15) is 18.4 Å². The number of hydrogen-bond acceptors (Lipinski definition) is 6. The molecule has 0 atom stereocenters. The largest absolute Gasteiger partial charge is 0.323 e. The van der Waals surface area contributed by atoms with E-state index in [-0.39, 0.29) is 28.1 Å². The topological polar surface area (TPSA) is 78.4 Å². The number of halogens is 3. The first-order valence-electron chi connectivity index (χ1n) is 14.3. The highest BCUT2D eigenvalue weighted by Crippen LogP contribution is 2.36. The maximum Gasteiger partial charge on any atom is 0.263 e. The van der Waals surface area contributed by atoms with Crippen molar-refractivity contribution in [1.82, 2.24) is 15.1 Å². The van der Waals surface area contributed by atoms with Crippen molar-refractivity contribution in [3.05, 3.63) is 94.5 Å². The maximum atomic E-state index is 14.7. The third-order valence-electron chi connectivity index (χ3n) is 7.91. The van der Waals surface area contributed by atoms with Crippen LogP contribution in [0.25, 0.3) is 10.6 Å². The van der Waals surface area contributed by atoms with Crippen LogP contribution in [0.3, 0.4) is 0 Å². The van der Waals surface area contributed by atoms with E-state index < -0.39 is 17.5 Å². The number of benzene rings is 3. The summed E-state index contributed by atoms with van der Waals surface area (Å²) in [7, 11) is 0. The molecule has 1 saturated heterocycles. The molecular formula is C32H30ClF2N5O2S. The molecule has 1 saturated carbocycles. The Morgan fingerprint density at radius 1 is 0.953 bits per heavy atom. The molecule has 2 heterocycles. The Morgan fingerprint density at radius 3 is 2.42 bits per heavy atom. The molecule has 0 bridgehead atoms. The van der Waals surface area contributed by atoms with Crippen molar-refractivity contribution < 1.29 is 18.4 Å². The molecule has 1 aliphatic carbocycles. The number of amides is 2. The molecule has 0 radical (unpaired) electrons. The number of carbonyl (C=O) groups excluding carboxylic acids is 2. The zero-order chi connectivity index (χ0) is 29.9. The van der Waals surface area contributed by atoms with E-state index in [0.29, 0.717) is 35.4 Å². The Morgan fingerprint density at radius 2 is 1.70 bits per heavy atom. The van der Waals surface area contributed by atoms with E-state index >= 15 is 0 Å². The van der Waals surface area contributed by atoms with Crippen LogP contribution in [0.5, 0.6) is 0 Å². The van der Waals surface area contributed by atoms with Crippen molar-refractivity contribution in [3.8, 4) is 10.6 Å². The molecule has 1 aromatic heterocycles. The molecule has 2 amide bonds. The first-order chi connectivity index (χ1) is 20.9. The highest BCUT2D eigenvalue weighted by atomic mass is 35.5. The summed E-state index contributed by atoms with van der Waals surface area (Å²) in [5, 5.41) is 12.4. The van der Waals surface area contributed by atoms with E-state index in [4.69, 9.17) is 11.6 Å². The van der Waals surface area contributed by atoms with Gasteiger partial charge in [-0.05, 0) is 74.5 Å². The van der Waals surface area contributed by atoms with Crippen molar-refractivity contribution in [2.45, 2.75) is 32.2 Å². The molecule has 1 aliphatic heterocycles. The van der Waals surface area contributed by atoms with Gasteiger partial charge >= 0.3 is 0 Å². The second-order valence-corrected chi connectivity index (χ2v) is 12.4. The van der Waals surface area contributed by atoms with Gasteiger partial charge in [0.1, 0.15) is 10.8 Å². The van der Waals surface area contributed by atoms with Crippen molar-refractivity contribution in [2.24, 2.45) is 11.8 Å². The molecule has 4 aromatic rings. The minimum atomic E-state index is -0.731. The minimum absolute atomic E-state index is 0.0796. The van der Waals surface area contributed by atoms with Crippen LogP contribution in [-0.4, -0.2) is 46.5 Å². The first-order valence-corrected chi connectivity index (χ1v) is 15.5. The molecule has 43 heavy (non-hydrogen) atoms. The van der Waals surface area contributed by atoms with Crippen molar-refractivity contribution >= 4 is 45.6 Å². The van der Waals surface area contributed by atoms with Crippen molar-refractivity contribution in [3.63, 3.8) is 0 Å². The van der Waals surface area contributed by atoms with Gasteiger partial charge in [-0.3, -0.25) is 19.4 Å². The van der Waals surface area contributed by atoms with Gasteiger partial charge in [0.15, 0.2) is 5.82 Å². The van der Waals surface area contributed by atoms with Gasteiger partial charge in [-0.15, -0.1) is 10.2 Å². The second-order valence-electron chi connectivity index (χ2n) is 11.1. The van der Waals surface area contributed by atoms with Crippen LogP contribution in [0.4, 0.5) is 19.6 Å². The fourth-order valence-corrected chi connectivity index (χ4v) is 6.26. The summed E-state index contributed by atoms with van der Waals surface area (Å²) in [5.74, 6) is -1.56. The first kappa shape index (κ1) is 29.3. The average Bonchev–Trinajstić information content (AvgIpc) is 3.72. The summed E-state index contributed by atoms with van der Waals surface area (Å²) in [4.78, 5) is 29.8. The van der Waals surface area contributed by atoms with Crippen LogP contribution in [0, 0.1) is 23.5 Å². The lowest BCUT2D eigenvalue weighted by Gasteiger charge is -2.31. The van der Waals surface area contributed by atoms with E-state index in [1.54, 1.807) is 24.3 Å². The summed E-state index contributed by atoms with van der Waals surface area (Å²) in [6.45, 7) is 2.75. The molecule has 0 spiro atoms. The Bertz CT molecular complexity index is 1620. The van der Waals surface area contributed by atoms with E-state index in [2.05, 4.69) is 20.4 Å². The highest BCUT2D eigenvalue weighted by molar-refractivity contribution is 7.18. The normalized spacial score (nSPS) is 15.8. The minimum Gasteiger partial charge on any atom is -0.323 e. The Balaban J connectivity index is 1.06. The van der Waals surface area contributed by atoms with E-state index in [1.165, 1.54) is 34.4 Å². The average molecular weight is 622 g/mol. The number of piperidine rings is 1. The molecule has 2 fully saturated rings. The van der Waals surface area contributed by atoms with Gasteiger partial charge < -0.3 is 5.32 Å². The predicted molar refractivity (Wildman–Crippen MR) is 164 cm³/mol. The van der Waals surface area contributed by atoms with Gasteiger partial charge in [-0.1, -0.05) is 65.4 Å². The molecule has 0 unspecified atom stereocenters. The van der Waals surface area contributed by atoms with Crippen LogP contribution in [0.15, 0.2) is 66.7 Å². The number of likely N-dealkylation sites (tertiary alicyclic amines) is 1. The predicted octanol–water partition coefficient (Wildman–Crippen LogP) is 7.04. The summed E-state index contributed by atoms with van der Waals surface area (Å²) >= 11 is 7.23. The van der Waals surface area contributed by atoms with Gasteiger partial charge in [0, 0.05) is 24.6 Å². The SMILES string of the molecule is O=C(Nc1ccccc1F)C1CCN(Cc2ccc(-c3nnc(N(CC4CC4)C(=O)c4cccc(Cl)c4F)s3)cc2)CC1. The number of anilines is 2. The summed E-state index contributed by atoms with van der Waals surface area (Å²) in [5.41, 5.74) is 2.15. The highest BCUT2D eigenvalue weighted by Gasteiger charge is 2.32. The number of para-hydroxylation sites is 1. The van der Waals surface area contributed by atoms with Crippen LogP contribution in [0.2, 0.25) is 5.02 Å². The number of carbonyl (C=O) groups is 2. The third-order valence-corrected chi connectivity index (χ3v) is 9.19. The lowest BCUT2D eigenvalue weighted by Crippen LogP contribution is -2.37. The molecule has 11 heteroatoms. The van der Waals surface area contributed by atoms with Gasteiger partial charge in [-0.2, -0.15) is 0 Å². The molecule has 222 valence electrons. The maximum absolute atomic E-state index is 14.7. The van der Waals surface area contributed by atoms with Crippen molar-refractivity contribution in [1.29, 1.82) is 0 Å². The van der Waals surface area contributed by atoms with Gasteiger partial charge in [0.25, 0.3) is 5.91 Å². The van der Waals surface area contributed by atoms with Gasteiger partial charge in [0.05, 0.1) is 16.3 Å². The zero-order valence-corrected chi connectivity index (χ0v) is 24.9. The summed E-state index contributed by atoms with van der Waals surface area (Å²) in [6.07, 6.45) is 3.46. The molecule has 7 nitrogen and oxygen atoms in total. The number of nitrogens with zero attached hydrogens (tertiary/aromatic N) is 4. The van der Waals surface area contributed by atoms with Gasteiger partial charge in [-0.25, -0.2) is 8.78 Å². The molecular weight excluding hydrogens is 592 g/mol. The van der Waals surface area contributed by atoms with Crippen LogP contribution < -0.4 is 10.2 Å². The number of nitrogens with one attached hydrogen (secondary N) is 1. The Hall–Kier alpha value is -3.73. The monoisotopic (exact) mass is 621 g/mol. The fourth-order valence-electron chi connectivity index (χ4n) is 5.22. The molecule has 2 aliphatic rings. The fraction of sp³-hybridized carbons (Fsp3) is 0.312. The number of hydrogen-bond donors (Lipinski definition) is 1. The standard InChI is InChI=1S/C32H30ClF2N5O2S/c33-25-5-3-4-24(28(25)35)31(42)40(19-21-8-9-21)32-38-37-30(43-32)23-12-10-20(11-13-23)18-39-16-14-22(15-17-39)29(41)36-27-7-2-1-6-26(27)34/h1-7,10-13,21-22H,8-9,14-19H2,(H,36,41). The number of aromatic nitrogens is 2. The summed E-state index contributed by atoms with van der Waals surface area (Å²) in [6, 6.07) is 18.7. The molecule has 6 rings (SSSR count). The lowest BCUT2D eigenvalue weighted by atomic mass is 9.95. The summed E-state index contributed by atoms with van der Waals surface area (Å²) < 4.78 is 28.6.